The number of ether oxygens (including phenoxy) is 6. The third-order valence-electron chi connectivity index (χ3n) is 12.2. The zero-order valence-corrected chi connectivity index (χ0v) is 43.0. The minimum Gasteiger partial charge on any atom is -0.665 e. The molecule has 0 unspecified atom stereocenters. The molecule has 0 N–H and O–H groups in total. The van der Waals surface area contributed by atoms with Crippen LogP contribution in [-0.4, -0.2) is 66.1 Å². The van der Waals surface area contributed by atoms with E-state index in [4.69, 9.17) is 60.2 Å². The molecule has 0 radical (unpaired) electrons. The van der Waals surface area contributed by atoms with Crippen molar-refractivity contribution >= 4 is 57.2 Å². The van der Waals surface area contributed by atoms with Gasteiger partial charge in [0, 0.05) is 13.8 Å². The molecule has 15 aliphatic heterocycles. The maximum Gasteiger partial charge on any atom is 6.00 e. The van der Waals surface area contributed by atoms with E-state index in [1.165, 1.54) is 36.1 Å². The van der Waals surface area contributed by atoms with E-state index in [-0.39, 0.29) is 19.5 Å². The van der Waals surface area contributed by atoms with Gasteiger partial charge in [-0.15, -0.1) is 22.7 Å². The fraction of sp³-hybridized carbons (Fsp3) is 0.267. The van der Waals surface area contributed by atoms with E-state index in [0.717, 1.165) is 103 Å². The number of aryl methyl sites for hydroxylation is 2. The maximum absolute atomic E-state index is 7.32. The van der Waals surface area contributed by atoms with Crippen molar-refractivity contribution in [3.63, 3.8) is 0 Å². The summed E-state index contributed by atoms with van der Waals surface area (Å²) in [6.07, 6.45) is 20.1. The van der Waals surface area contributed by atoms with Crippen LogP contribution in [0.25, 0.3) is 55.7 Å². The summed E-state index contributed by atoms with van der Waals surface area (Å²) in [5.74, 6) is 1.58. The molecule has 13 heteroatoms. The van der Waals surface area contributed by atoms with E-state index in [9.17, 15) is 0 Å². The Morgan fingerprint density at radius 1 is 0.411 bits per heavy atom. The molecule has 12 nitrogen and oxygen atoms in total. The number of nitriles is 2. The average Bonchev–Trinajstić information content (AvgIpc) is 3.42. The van der Waals surface area contributed by atoms with Crippen LogP contribution in [0.5, 0.6) is 11.5 Å². The zero-order valence-electron chi connectivity index (χ0n) is 41.2. The van der Waals surface area contributed by atoms with Crippen LogP contribution in [0.15, 0.2) is 134 Å². The summed E-state index contributed by atoms with van der Waals surface area (Å²) >= 11 is 0. The SMILES string of the molecule is C1=CC2=c3ccc4c(c3[N-]1)[N-]C=C(C=4)c1ccc(cc1)OCCOCCOCCOCCOCCOc1ccc(cc1)C1=C[N-]c3c4c(ccc3=C1)=C(C=C[N-]4)CCc1ccc(cc1)CC2.CC#N.CC#N.[Ru+6]. The van der Waals surface area contributed by atoms with Crippen molar-refractivity contribution in [1.29, 1.82) is 10.5 Å². The minimum absolute atomic E-state index is 0. The summed E-state index contributed by atoms with van der Waals surface area (Å²) in [4.78, 5) is 0. The number of nitrogens with zero attached hydrogens (tertiary/aromatic N) is 6. The van der Waals surface area contributed by atoms with Crippen LogP contribution >= 0.6 is 0 Å². The average molecular weight is 1060 g/mol. The molecule has 0 aromatic heterocycles. The zero-order chi connectivity index (χ0) is 49.7. The Balaban J connectivity index is 0.00000106. The normalized spacial score (nSPS) is 16.4. The van der Waals surface area contributed by atoms with Gasteiger partial charge < -0.3 is 49.7 Å². The number of rotatable bonds is 0. The van der Waals surface area contributed by atoms with Gasteiger partial charge in [0.05, 0.1) is 65.0 Å². The molecule has 5 aromatic carbocycles. The Kier molecular flexibility index (Phi) is 20.7. The number of fused-ring (bicyclic) bond motifs is 2. The predicted molar refractivity (Wildman–Crippen MR) is 286 cm³/mol. The fourth-order valence-corrected chi connectivity index (χ4v) is 8.60. The summed E-state index contributed by atoms with van der Waals surface area (Å²) in [6.45, 7) is 7.64. The first-order valence-corrected chi connectivity index (χ1v) is 24.3. The van der Waals surface area contributed by atoms with Gasteiger partial charge in [-0.2, -0.15) is 35.3 Å². The van der Waals surface area contributed by atoms with Gasteiger partial charge in [-0.3, -0.25) is 0 Å². The third-order valence-corrected chi connectivity index (χ3v) is 12.2. The van der Waals surface area contributed by atoms with Gasteiger partial charge in [-0.25, -0.2) is 0 Å². The van der Waals surface area contributed by atoms with Crippen LogP contribution in [0.1, 0.15) is 48.9 Å². The molecule has 0 aliphatic carbocycles. The molecule has 0 atom stereocenters. The molecule has 18 bridgehead atoms. The number of hydrogen-bond donors (Lipinski definition) is 0. The number of allylic oxidation sites excluding steroid dienone is 4. The predicted octanol–water partition coefficient (Wildman–Crippen LogP) is 10.9. The van der Waals surface area contributed by atoms with E-state index in [1.807, 2.05) is 49.1 Å². The second-order valence-electron chi connectivity index (χ2n) is 16.9. The van der Waals surface area contributed by atoms with Gasteiger partial charge >= 0.3 is 19.5 Å². The summed E-state index contributed by atoms with van der Waals surface area (Å²) in [5, 5.41) is 38.5. The molecule has 5 aromatic rings. The molecule has 15 aliphatic rings. The Morgan fingerprint density at radius 3 is 1.14 bits per heavy atom. The van der Waals surface area contributed by atoms with Gasteiger partial charge in [0.1, 0.15) is 24.7 Å². The van der Waals surface area contributed by atoms with Gasteiger partial charge in [0.15, 0.2) is 0 Å². The molecule has 0 fully saturated rings. The first kappa shape index (κ1) is 53.6. The van der Waals surface area contributed by atoms with Crippen LogP contribution in [0, 0.1) is 22.7 Å². The number of benzene rings is 5. The summed E-state index contributed by atoms with van der Waals surface area (Å²) in [7, 11) is 0. The third kappa shape index (κ3) is 14.7. The van der Waals surface area contributed by atoms with Crippen LogP contribution < -0.4 is 30.3 Å². The number of hydrogen-bond acceptors (Lipinski definition) is 8. The van der Waals surface area contributed by atoms with Crippen molar-refractivity contribution in [2.45, 2.75) is 39.5 Å². The van der Waals surface area contributed by atoms with E-state index in [1.54, 1.807) is 12.1 Å². The molecular weight excluding hydrogens is 1000 g/mol. The Labute approximate surface area is 441 Å². The van der Waals surface area contributed by atoms with Crippen molar-refractivity contribution in [3.8, 4) is 23.6 Å². The van der Waals surface area contributed by atoms with Crippen molar-refractivity contribution < 1.29 is 47.9 Å². The quantitative estimate of drug-likeness (QED) is 0.139. The van der Waals surface area contributed by atoms with Crippen molar-refractivity contribution in [3.05, 3.63) is 198 Å². The molecule has 0 amide bonds. The van der Waals surface area contributed by atoms with Gasteiger partial charge in [-0.1, -0.05) is 97.1 Å². The van der Waals surface area contributed by atoms with Crippen molar-refractivity contribution in [2.24, 2.45) is 0 Å². The molecule has 370 valence electrons. The maximum atomic E-state index is 7.32. The first-order valence-electron chi connectivity index (χ1n) is 24.3. The monoisotopic (exact) mass is 1060 g/mol. The first-order chi connectivity index (χ1) is 35.5. The molecule has 15 heterocycles. The Morgan fingerprint density at radius 2 is 0.767 bits per heavy atom. The Bertz CT molecular complexity index is 2920. The smallest absolute Gasteiger partial charge is 0.665 e. The molecule has 0 saturated carbocycles. The fourth-order valence-electron chi connectivity index (χ4n) is 8.60. The standard InChI is InChI=1S/C56H52N4O6.2C2H3N.Ru/c1-2-40-4-3-39(1)5-7-43-21-23-57-55-51(43)19-13-45-35-47(37-59-53(45)55)41-9-15-49(16-10-41)65-33-31-63-29-27-61-25-26-62-28-30-64-32-34-66-50-17-11-42(12-18-50)48-36-46-14-20-52-44(8-6-40)22-24-58-56(52)54(46)60-38-48;2*1-2-3;/h1-4,9-24,35-38H,5-8,25-34H2;2*1H3;/q-4;;;+6. The van der Waals surface area contributed by atoms with Gasteiger partial charge in [-0.05, 0) is 115 Å². The van der Waals surface area contributed by atoms with E-state index < -0.39 is 0 Å². The van der Waals surface area contributed by atoms with E-state index in [0.29, 0.717) is 66.1 Å². The molecule has 0 saturated heterocycles. The van der Waals surface area contributed by atoms with Gasteiger partial charge in [0.2, 0.25) is 0 Å². The van der Waals surface area contributed by atoms with Crippen LogP contribution in [0.4, 0.5) is 22.7 Å². The summed E-state index contributed by atoms with van der Waals surface area (Å²) < 4.78 is 34.5. The molecule has 73 heavy (non-hydrogen) atoms. The largest absolute Gasteiger partial charge is 6.00 e. The van der Waals surface area contributed by atoms with Gasteiger partial charge in [0.25, 0.3) is 0 Å². The van der Waals surface area contributed by atoms with Crippen LogP contribution in [-0.2, 0) is 51.3 Å². The van der Waals surface area contributed by atoms with Crippen molar-refractivity contribution in [2.75, 3.05) is 66.1 Å². The van der Waals surface area contributed by atoms with Crippen molar-refractivity contribution in [1.82, 2.24) is 0 Å². The second-order valence-corrected chi connectivity index (χ2v) is 16.9. The molecule has 0 spiro atoms. The van der Waals surface area contributed by atoms with Crippen LogP contribution in [0.2, 0.25) is 0 Å². The summed E-state index contributed by atoms with van der Waals surface area (Å²) in [5.41, 5.74) is 13.1. The Hall–Kier alpha value is -7.22. The topological polar surface area (TPSA) is 159 Å². The second kappa shape index (κ2) is 28.1. The minimum atomic E-state index is 0. The van der Waals surface area contributed by atoms with E-state index in [2.05, 4.69) is 97.1 Å². The van der Waals surface area contributed by atoms with E-state index >= 15 is 0 Å². The van der Waals surface area contributed by atoms with Crippen LogP contribution in [0.3, 0.4) is 0 Å². The summed E-state index contributed by atoms with van der Waals surface area (Å²) in [6, 6.07) is 37.5. The molecular formula is C60H58N6O6Ru+2. The molecule has 20 rings (SSSR count).